The number of pyridine rings is 1. The molecular formula is C18H21N3O4. The van der Waals surface area contributed by atoms with E-state index in [1.165, 1.54) is 0 Å². The third-order valence-electron chi connectivity index (χ3n) is 3.96. The molecule has 0 aliphatic carbocycles. The minimum atomic E-state index is -0.0930. The van der Waals surface area contributed by atoms with Crippen molar-refractivity contribution in [2.75, 3.05) is 45.8 Å². The van der Waals surface area contributed by atoms with Gasteiger partial charge in [0.15, 0.2) is 0 Å². The Balaban J connectivity index is 1.81. The first-order valence-corrected chi connectivity index (χ1v) is 8.03. The van der Waals surface area contributed by atoms with Gasteiger partial charge in [0, 0.05) is 31.0 Å². The standard InChI is InChI=1S/C18H21N3O4/c1-23-14-3-4-17(24-2)15(12-14)20-13-5-6-19-16(11-13)18(22)21-7-9-25-10-8-21/h3-6,11-12H,7-10H2,1-2H3,(H,19,20). The first kappa shape index (κ1) is 17.0. The lowest BCUT2D eigenvalue weighted by Gasteiger charge is -2.26. The Bertz CT molecular complexity index is 745. The molecule has 0 atom stereocenters. The van der Waals surface area contributed by atoms with Gasteiger partial charge in [0.25, 0.3) is 5.91 Å². The molecule has 2 heterocycles. The number of hydrogen-bond donors (Lipinski definition) is 1. The van der Waals surface area contributed by atoms with Crippen molar-refractivity contribution in [2.24, 2.45) is 0 Å². The molecule has 0 radical (unpaired) electrons. The second kappa shape index (κ2) is 7.85. The summed E-state index contributed by atoms with van der Waals surface area (Å²) >= 11 is 0. The Morgan fingerprint density at radius 1 is 1.16 bits per heavy atom. The third-order valence-corrected chi connectivity index (χ3v) is 3.96. The van der Waals surface area contributed by atoms with E-state index in [1.54, 1.807) is 37.4 Å². The Morgan fingerprint density at radius 2 is 1.96 bits per heavy atom. The van der Waals surface area contributed by atoms with Crippen LogP contribution in [0.25, 0.3) is 0 Å². The van der Waals surface area contributed by atoms with Gasteiger partial charge in [0.05, 0.1) is 33.1 Å². The van der Waals surface area contributed by atoms with E-state index < -0.39 is 0 Å². The quantitative estimate of drug-likeness (QED) is 0.898. The maximum absolute atomic E-state index is 12.6. The predicted molar refractivity (Wildman–Crippen MR) is 93.8 cm³/mol. The lowest BCUT2D eigenvalue weighted by atomic mass is 10.2. The smallest absolute Gasteiger partial charge is 0.272 e. The first-order chi connectivity index (χ1) is 12.2. The highest BCUT2D eigenvalue weighted by Gasteiger charge is 2.20. The van der Waals surface area contributed by atoms with Gasteiger partial charge in [-0.3, -0.25) is 9.78 Å². The fraction of sp³-hybridized carbons (Fsp3) is 0.333. The molecule has 1 N–H and O–H groups in total. The van der Waals surface area contributed by atoms with Crippen LogP contribution in [0.1, 0.15) is 10.5 Å². The summed E-state index contributed by atoms with van der Waals surface area (Å²) in [4.78, 5) is 18.5. The third kappa shape index (κ3) is 4.00. The van der Waals surface area contributed by atoms with Crippen molar-refractivity contribution in [2.45, 2.75) is 0 Å². The van der Waals surface area contributed by atoms with Gasteiger partial charge in [-0.15, -0.1) is 0 Å². The van der Waals surface area contributed by atoms with E-state index in [9.17, 15) is 4.79 Å². The molecule has 0 saturated carbocycles. The van der Waals surface area contributed by atoms with Crippen LogP contribution in [-0.2, 0) is 4.74 Å². The zero-order valence-corrected chi connectivity index (χ0v) is 14.3. The van der Waals surface area contributed by atoms with Gasteiger partial charge in [0.2, 0.25) is 0 Å². The fourth-order valence-corrected chi connectivity index (χ4v) is 2.62. The van der Waals surface area contributed by atoms with Gasteiger partial charge in [-0.05, 0) is 24.3 Å². The summed E-state index contributed by atoms with van der Waals surface area (Å²) in [6.45, 7) is 2.29. The summed E-state index contributed by atoms with van der Waals surface area (Å²) in [7, 11) is 3.21. The molecule has 0 unspecified atom stereocenters. The van der Waals surface area contributed by atoms with E-state index in [1.807, 2.05) is 18.2 Å². The number of carbonyl (C=O) groups excluding carboxylic acids is 1. The number of amides is 1. The van der Waals surface area contributed by atoms with Crippen molar-refractivity contribution >= 4 is 17.3 Å². The summed E-state index contributed by atoms with van der Waals surface area (Å²) in [5, 5.41) is 3.26. The molecule has 2 aromatic rings. The summed E-state index contributed by atoms with van der Waals surface area (Å²) < 4.78 is 15.9. The van der Waals surface area contributed by atoms with Crippen LogP contribution >= 0.6 is 0 Å². The molecular weight excluding hydrogens is 322 g/mol. The van der Waals surface area contributed by atoms with Crippen LogP contribution in [0.4, 0.5) is 11.4 Å². The minimum Gasteiger partial charge on any atom is -0.497 e. The van der Waals surface area contributed by atoms with Gasteiger partial charge in [-0.1, -0.05) is 0 Å². The summed E-state index contributed by atoms with van der Waals surface area (Å²) in [6.07, 6.45) is 1.61. The molecule has 1 aliphatic rings. The fourth-order valence-electron chi connectivity index (χ4n) is 2.62. The maximum Gasteiger partial charge on any atom is 0.272 e. The Hall–Kier alpha value is -2.80. The molecule has 1 aromatic carbocycles. The summed E-state index contributed by atoms with van der Waals surface area (Å²) in [5.74, 6) is 1.30. The number of morpholine rings is 1. The second-order valence-electron chi connectivity index (χ2n) is 5.53. The number of rotatable bonds is 5. The van der Waals surface area contributed by atoms with Gasteiger partial charge in [-0.25, -0.2) is 0 Å². The lowest BCUT2D eigenvalue weighted by molar-refractivity contribution is 0.0299. The van der Waals surface area contributed by atoms with E-state index in [-0.39, 0.29) is 5.91 Å². The largest absolute Gasteiger partial charge is 0.497 e. The van der Waals surface area contributed by atoms with Gasteiger partial charge >= 0.3 is 0 Å². The van der Waals surface area contributed by atoms with Crippen molar-refractivity contribution in [1.29, 1.82) is 0 Å². The molecule has 25 heavy (non-hydrogen) atoms. The van der Waals surface area contributed by atoms with E-state index in [4.69, 9.17) is 14.2 Å². The number of hydrogen-bond acceptors (Lipinski definition) is 6. The maximum atomic E-state index is 12.6. The van der Waals surface area contributed by atoms with E-state index in [2.05, 4.69) is 10.3 Å². The van der Waals surface area contributed by atoms with Crippen LogP contribution in [0, 0.1) is 0 Å². The Morgan fingerprint density at radius 3 is 2.68 bits per heavy atom. The van der Waals surface area contributed by atoms with E-state index in [0.717, 1.165) is 11.4 Å². The molecule has 0 bridgehead atoms. The zero-order valence-electron chi connectivity index (χ0n) is 14.3. The van der Waals surface area contributed by atoms with E-state index >= 15 is 0 Å². The van der Waals surface area contributed by atoms with Crippen LogP contribution in [0.5, 0.6) is 11.5 Å². The first-order valence-electron chi connectivity index (χ1n) is 8.03. The highest BCUT2D eigenvalue weighted by Crippen LogP contribution is 2.31. The topological polar surface area (TPSA) is 72.9 Å². The molecule has 1 aromatic heterocycles. The van der Waals surface area contributed by atoms with Crippen molar-refractivity contribution in [3.05, 3.63) is 42.2 Å². The van der Waals surface area contributed by atoms with Gasteiger partial charge < -0.3 is 24.4 Å². The molecule has 132 valence electrons. The monoisotopic (exact) mass is 343 g/mol. The number of ether oxygens (including phenoxy) is 3. The molecule has 3 rings (SSSR count). The van der Waals surface area contributed by atoms with Crippen molar-refractivity contribution < 1.29 is 19.0 Å². The molecule has 7 heteroatoms. The van der Waals surface area contributed by atoms with Gasteiger partial charge in [-0.2, -0.15) is 0 Å². The minimum absolute atomic E-state index is 0.0930. The van der Waals surface area contributed by atoms with Crippen molar-refractivity contribution in [1.82, 2.24) is 9.88 Å². The molecule has 7 nitrogen and oxygen atoms in total. The zero-order chi connectivity index (χ0) is 17.6. The lowest BCUT2D eigenvalue weighted by Crippen LogP contribution is -2.41. The normalized spacial score (nSPS) is 14.1. The number of nitrogens with zero attached hydrogens (tertiary/aromatic N) is 2. The number of benzene rings is 1. The van der Waals surface area contributed by atoms with Gasteiger partial charge in [0.1, 0.15) is 17.2 Å². The van der Waals surface area contributed by atoms with E-state index in [0.29, 0.717) is 43.5 Å². The predicted octanol–water partition coefficient (Wildman–Crippen LogP) is 2.31. The number of nitrogens with one attached hydrogen (secondary N) is 1. The summed E-state index contributed by atoms with van der Waals surface area (Å²) in [6, 6.07) is 9.01. The van der Waals surface area contributed by atoms with Crippen LogP contribution in [0.3, 0.4) is 0 Å². The Kier molecular flexibility index (Phi) is 5.35. The number of methoxy groups -OCH3 is 2. The molecule has 0 spiro atoms. The SMILES string of the molecule is COc1ccc(OC)c(Nc2ccnc(C(=O)N3CCOCC3)c2)c1. The number of carbonyl (C=O) groups is 1. The second-order valence-corrected chi connectivity index (χ2v) is 5.53. The highest BCUT2D eigenvalue weighted by atomic mass is 16.5. The highest BCUT2D eigenvalue weighted by molar-refractivity contribution is 5.93. The average molecular weight is 343 g/mol. The average Bonchev–Trinajstić information content (AvgIpc) is 2.68. The number of aromatic nitrogens is 1. The molecule has 1 saturated heterocycles. The van der Waals surface area contributed by atoms with Crippen LogP contribution < -0.4 is 14.8 Å². The van der Waals surface area contributed by atoms with Crippen molar-refractivity contribution in [3.63, 3.8) is 0 Å². The molecule has 1 amide bonds. The van der Waals surface area contributed by atoms with Crippen LogP contribution in [0.2, 0.25) is 0 Å². The number of anilines is 2. The van der Waals surface area contributed by atoms with Crippen molar-refractivity contribution in [3.8, 4) is 11.5 Å². The van der Waals surface area contributed by atoms with Crippen LogP contribution in [0.15, 0.2) is 36.5 Å². The Labute approximate surface area is 146 Å². The molecule has 1 fully saturated rings. The molecule has 1 aliphatic heterocycles. The van der Waals surface area contributed by atoms with Crippen LogP contribution in [-0.4, -0.2) is 56.3 Å². The summed E-state index contributed by atoms with van der Waals surface area (Å²) in [5.41, 5.74) is 1.89.